The Morgan fingerprint density at radius 2 is 2.05 bits per heavy atom. The van der Waals surface area contributed by atoms with E-state index in [2.05, 4.69) is 20.3 Å². The number of nitrogens with zero attached hydrogens (tertiary/aromatic N) is 5. The molecule has 0 saturated carbocycles. The third-order valence-electron chi connectivity index (χ3n) is 3.01. The van der Waals surface area contributed by atoms with Gasteiger partial charge in [-0.15, -0.1) is 10.2 Å². The molecule has 0 bridgehead atoms. The molecule has 0 fully saturated rings. The molecule has 0 aliphatic carbocycles. The first-order valence-electron chi connectivity index (χ1n) is 6.22. The molecule has 0 radical (unpaired) electrons. The van der Waals surface area contributed by atoms with Crippen LogP contribution in [0.3, 0.4) is 0 Å². The van der Waals surface area contributed by atoms with Crippen molar-refractivity contribution in [1.29, 1.82) is 0 Å². The molecule has 0 saturated heterocycles. The number of oxazole rings is 1. The van der Waals surface area contributed by atoms with Crippen LogP contribution in [0.4, 0.5) is 8.78 Å². The van der Waals surface area contributed by atoms with Gasteiger partial charge in [0.1, 0.15) is 12.0 Å². The predicted octanol–water partition coefficient (Wildman–Crippen LogP) is 3.09. The number of hydrogen-bond donors (Lipinski definition) is 0. The number of fused-ring (bicyclic) bond motifs is 1. The lowest BCUT2D eigenvalue weighted by Crippen LogP contribution is -1.93. The lowest BCUT2D eigenvalue weighted by molar-refractivity contribution is 0.509. The Morgan fingerprint density at radius 1 is 1.18 bits per heavy atom. The van der Waals surface area contributed by atoms with Crippen molar-refractivity contribution < 1.29 is 13.2 Å². The van der Waals surface area contributed by atoms with E-state index in [1.165, 1.54) is 28.2 Å². The minimum Gasteiger partial charge on any atom is -0.449 e. The van der Waals surface area contributed by atoms with Crippen LogP contribution in [0.5, 0.6) is 0 Å². The fourth-order valence-electron chi connectivity index (χ4n) is 2.00. The highest BCUT2D eigenvalue weighted by molar-refractivity contribution is 7.19. The van der Waals surface area contributed by atoms with Gasteiger partial charge in [-0.05, 0) is 18.2 Å². The molecule has 0 amide bonds. The van der Waals surface area contributed by atoms with Gasteiger partial charge in [0.15, 0.2) is 28.4 Å². The van der Waals surface area contributed by atoms with Crippen molar-refractivity contribution in [3.05, 3.63) is 42.0 Å². The van der Waals surface area contributed by atoms with E-state index in [1.54, 1.807) is 6.92 Å². The Balaban J connectivity index is 1.85. The van der Waals surface area contributed by atoms with Gasteiger partial charge in [0, 0.05) is 12.5 Å². The maximum Gasteiger partial charge on any atom is 0.235 e. The third kappa shape index (κ3) is 1.98. The summed E-state index contributed by atoms with van der Waals surface area (Å²) in [5.74, 6) is -1.00. The van der Waals surface area contributed by atoms with E-state index >= 15 is 0 Å². The maximum absolute atomic E-state index is 13.4. The largest absolute Gasteiger partial charge is 0.449 e. The number of aryl methyl sites for hydroxylation is 1. The Kier molecular flexibility index (Phi) is 2.76. The Labute approximate surface area is 126 Å². The molecule has 22 heavy (non-hydrogen) atoms. The molecule has 0 unspecified atom stereocenters. The summed E-state index contributed by atoms with van der Waals surface area (Å²) < 4.78 is 33.0. The summed E-state index contributed by atoms with van der Waals surface area (Å²) in [4.78, 5) is 4.72. The van der Waals surface area contributed by atoms with Gasteiger partial charge in [-0.25, -0.2) is 13.8 Å². The van der Waals surface area contributed by atoms with E-state index in [4.69, 9.17) is 4.42 Å². The molecule has 4 aromatic rings. The van der Waals surface area contributed by atoms with Gasteiger partial charge in [-0.3, -0.25) is 0 Å². The molecule has 110 valence electrons. The van der Waals surface area contributed by atoms with Crippen LogP contribution in [0, 0.1) is 18.6 Å². The van der Waals surface area contributed by atoms with Gasteiger partial charge in [-0.1, -0.05) is 11.3 Å². The van der Waals surface area contributed by atoms with Crippen LogP contribution in [0.25, 0.3) is 27.1 Å². The van der Waals surface area contributed by atoms with Gasteiger partial charge in [0.25, 0.3) is 0 Å². The number of halogens is 2. The molecule has 9 heteroatoms. The first-order chi connectivity index (χ1) is 10.6. The Hall–Kier alpha value is -2.68. The van der Waals surface area contributed by atoms with Crippen molar-refractivity contribution in [2.45, 2.75) is 6.92 Å². The minimum absolute atomic E-state index is 0.330. The summed E-state index contributed by atoms with van der Waals surface area (Å²) in [5, 5.41) is 12.9. The molecule has 0 aliphatic heterocycles. The highest BCUT2D eigenvalue weighted by Crippen LogP contribution is 2.28. The van der Waals surface area contributed by atoms with Crippen molar-refractivity contribution in [3.63, 3.8) is 0 Å². The maximum atomic E-state index is 13.4. The summed E-state index contributed by atoms with van der Waals surface area (Å²) in [6.45, 7) is 1.73. The Bertz CT molecular complexity index is 990. The van der Waals surface area contributed by atoms with E-state index in [1.807, 2.05) is 0 Å². The van der Waals surface area contributed by atoms with Crippen LogP contribution in [0.1, 0.15) is 5.89 Å². The fourth-order valence-corrected chi connectivity index (χ4v) is 2.79. The van der Waals surface area contributed by atoms with Gasteiger partial charge in [0.05, 0.1) is 0 Å². The molecule has 3 heterocycles. The van der Waals surface area contributed by atoms with E-state index < -0.39 is 11.6 Å². The second-order valence-corrected chi connectivity index (χ2v) is 5.46. The second-order valence-electron chi connectivity index (χ2n) is 4.51. The lowest BCUT2D eigenvalue weighted by atomic mass is 10.2. The summed E-state index contributed by atoms with van der Waals surface area (Å²) in [6.07, 6.45) is 1.50. The zero-order chi connectivity index (χ0) is 15.3. The van der Waals surface area contributed by atoms with Crippen LogP contribution in [0.15, 0.2) is 28.9 Å². The molecule has 0 N–H and O–H groups in total. The van der Waals surface area contributed by atoms with E-state index in [0.717, 1.165) is 12.1 Å². The second kappa shape index (κ2) is 4.67. The highest BCUT2D eigenvalue weighted by atomic mass is 32.1. The SMILES string of the molecule is Cc1nc(-c2nn3c(-c4ccc(F)c(F)c4)nnc3s2)co1. The van der Waals surface area contributed by atoms with Gasteiger partial charge < -0.3 is 4.42 Å². The van der Waals surface area contributed by atoms with E-state index in [0.29, 0.717) is 32.9 Å². The molecule has 1 aromatic carbocycles. The summed E-state index contributed by atoms with van der Waals surface area (Å²) in [7, 11) is 0. The summed E-state index contributed by atoms with van der Waals surface area (Å²) in [5.41, 5.74) is 0.976. The molecule has 3 aromatic heterocycles. The van der Waals surface area contributed by atoms with Crippen LogP contribution in [0.2, 0.25) is 0 Å². The third-order valence-corrected chi connectivity index (χ3v) is 3.93. The number of aromatic nitrogens is 5. The standard InChI is InChI=1S/C13H7F2N5OS/c1-6-16-10(5-21-6)12-19-20-11(17-18-13(20)22-12)7-2-3-8(14)9(15)4-7/h2-5H,1H3. The van der Waals surface area contributed by atoms with Crippen LogP contribution >= 0.6 is 11.3 Å². The highest BCUT2D eigenvalue weighted by Gasteiger charge is 2.17. The van der Waals surface area contributed by atoms with Crippen molar-refractivity contribution in [3.8, 4) is 22.1 Å². The first-order valence-corrected chi connectivity index (χ1v) is 7.03. The van der Waals surface area contributed by atoms with Crippen LogP contribution in [-0.4, -0.2) is 24.8 Å². The van der Waals surface area contributed by atoms with Crippen LogP contribution in [-0.2, 0) is 0 Å². The monoisotopic (exact) mass is 319 g/mol. The number of hydrogen-bond acceptors (Lipinski definition) is 6. The zero-order valence-electron chi connectivity index (χ0n) is 11.1. The van der Waals surface area contributed by atoms with Gasteiger partial charge >= 0.3 is 0 Å². The molecular formula is C13H7F2N5OS. The zero-order valence-corrected chi connectivity index (χ0v) is 11.9. The van der Waals surface area contributed by atoms with E-state index in [-0.39, 0.29) is 0 Å². The number of rotatable bonds is 2. The molecule has 0 spiro atoms. The normalized spacial score (nSPS) is 11.4. The van der Waals surface area contributed by atoms with Crippen LogP contribution < -0.4 is 0 Å². The van der Waals surface area contributed by atoms with Crippen molar-refractivity contribution in [1.82, 2.24) is 24.8 Å². The van der Waals surface area contributed by atoms with Gasteiger partial charge in [-0.2, -0.15) is 9.61 Å². The minimum atomic E-state index is -0.947. The van der Waals surface area contributed by atoms with Gasteiger partial charge in [0.2, 0.25) is 4.96 Å². The smallest absolute Gasteiger partial charge is 0.235 e. The lowest BCUT2D eigenvalue weighted by Gasteiger charge is -1.98. The average Bonchev–Trinajstić information content (AvgIpc) is 3.16. The topological polar surface area (TPSA) is 69.1 Å². The van der Waals surface area contributed by atoms with Crippen molar-refractivity contribution in [2.75, 3.05) is 0 Å². The van der Waals surface area contributed by atoms with Crippen molar-refractivity contribution in [2.24, 2.45) is 0 Å². The fraction of sp³-hybridized carbons (Fsp3) is 0.0769. The predicted molar refractivity (Wildman–Crippen MR) is 74.2 cm³/mol. The molecular weight excluding hydrogens is 312 g/mol. The average molecular weight is 319 g/mol. The quantitative estimate of drug-likeness (QED) is 0.568. The molecule has 6 nitrogen and oxygen atoms in total. The molecule has 0 atom stereocenters. The summed E-state index contributed by atoms with van der Waals surface area (Å²) in [6, 6.07) is 3.53. The number of benzene rings is 1. The van der Waals surface area contributed by atoms with Crippen molar-refractivity contribution >= 4 is 16.3 Å². The Morgan fingerprint density at radius 3 is 2.77 bits per heavy atom. The van der Waals surface area contributed by atoms with E-state index in [9.17, 15) is 8.78 Å². The molecule has 0 aliphatic rings. The summed E-state index contributed by atoms with van der Waals surface area (Å²) >= 11 is 1.27. The first kappa shape index (κ1) is 13.0. The molecule has 4 rings (SSSR count).